The predicted molar refractivity (Wildman–Crippen MR) is 151 cm³/mol. The summed E-state index contributed by atoms with van der Waals surface area (Å²) in [5.41, 5.74) is -2.33. The molecule has 3 heterocycles. The molecule has 0 amide bonds. The maximum atomic E-state index is 13.4. The molecule has 3 aliphatic heterocycles. The van der Waals surface area contributed by atoms with E-state index in [1.165, 1.54) is 0 Å². The number of fused-ring (bicyclic) bond motifs is 4. The molecule has 0 saturated carbocycles. The van der Waals surface area contributed by atoms with Crippen molar-refractivity contribution >= 4 is 33.8 Å². The van der Waals surface area contributed by atoms with Gasteiger partial charge in [0.05, 0.1) is 24.3 Å². The van der Waals surface area contributed by atoms with Crippen molar-refractivity contribution in [2.24, 2.45) is 11.8 Å². The Bertz CT molecular complexity index is 1420. The van der Waals surface area contributed by atoms with Crippen LogP contribution in [0.2, 0.25) is 0 Å². The lowest BCUT2D eigenvalue weighted by atomic mass is 9.73. The molecule has 6 rings (SSSR count). The molecule has 3 unspecified atom stereocenters. The minimum atomic E-state index is -4.96. The van der Waals surface area contributed by atoms with Gasteiger partial charge in [-0.1, -0.05) is 30.3 Å². The van der Waals surface area contributed by atoms with E-state index < -0.39 is 35.2 Å². The Morgan fingerprint density at radius 3 is 2.34 bits per heavy atom. The van der Waals surface area contributed by atoms with Crippen LogP contribution in [0.3, 0.4) is 0 Å². The number of piperidine rings is 3. The Labute approximate surface area is 239 Å². The highest BCUT2D eigenvalue weighted by atomic mass is 32.1. The van der Waals surface area contributed by atoms with Gasteiger partial charge in [-0.15, -0.1) is 6.58 Å². The lowest BCUT2D eigenvalue weighted by molar-refractivity contribution is -0.143. The first-order valence-corrected chi connectivity index (χ1v) is 13.6. The van der Waals surface area contributed by atoms with Crippen molar-refractivity contribution in [3.05, 3.63) is 83.9 Å². The van der Waals surface area contributed by atoms with Crippen LogP contribution in [0.25, 0.3) is 10.8 Å². The number of nitrogens with one attached hydrogen (secondary N) is 2. The van der Waals surface area contributed by atoms with Crippen LogP contribution in [0, 0.1) is 11.8 Å². The number of benzene rings is 3. The number of hydrogen-bond donors (Lipinski definition) is 2. The average molecular weight is 594 g/mol. The number of nitrogens with zero attached hydrogens (tertiary/aromatic N) is 1. The van der Waals surface area contributed by atoms with Crippen molar-refractivity contribution in [2.45, 2.75) is 37.3 Å². The maximum Gasteiger partial charge on any atom is 0.416 e. The minimum Gasteiger partial charge on any atom is -0.497 e. The molecule has 3 saturated heterocycles. The Morgan fingerprint density at radius 2 is 1.76 bits per heavy atom. The molecule has 0 radical (unpaired) electrons. The van der Waals surface area contributed by atoms with Crippen molar-refractivity contribution < 1.29 is 31.1 Å². The highest BCUT2D eigenvalue weighted by molar-refractivity contribution is 7.80. The molecule has 4 nitrogen and oxygen atoms in total. The van der Waals surface area contributed by atoms with Crippen LogP contribution in [0.15, 0.2) is 67.3 Å². The first-order chi connectivity index (χ1) is 19.4. The highest BCUT2D eigenvalue weighted by Gasteiger charge is 2.43. The largest absolute Gasteiger partial charge is 0.497 e. The topological polar surface area (TPSA) is 36.5 Å². The number of hydrogen-bond acceptors (Lipinski definition) is 3. The van der Waals surface area contributed by atoms with Gasteiger partial charge in [-0.05, 0) is 90.1 Å². The molecule has 5 atom stereocenters. The number of anilines is 1. The second-order valence-electron chi connectivity index (χ2n) is 10.6. The lowest BCUT2D eigenvalue weighted by Gasteiger charge is -2.52. The fourth-order valence-electron chi connectivity index (χ4n) is 6.11. The molecule has 41 heavy (non-hydrogen) atoms. The van der Waals surface area contributed by atoms with E-state index in [1.807, 2.05) is 42.5 Å². The lowest BCUT2D eigenvalue weighted by Crippen LogP contribution is -2.57. The Morgan fingerprint density at radius 1 is 1.05 bits per heavy atom. The molecule has 3 fully saturated rings. The molecule has 3 aromatic rings. The first kappa shape index (κ1) is 29.2. The van der Waals surface area contributed by atoms with Gasteiger partial charge in [0.1, 0.15) is 5.75 Å². The molecule has 0 aromatic heterocycles. The highest BCUT2D eigenvalue weighted by Crippen LogP contribution is 2.43. The third-order valence-electron chi connectivity index (χ3n) is 8.13. The SMILES string of the molecule is C=C[C@H]1CN2CCC1CC2[C@@H](NC(=S)Nc1cc(C(F)(F)F)cc(C(F)(F)F)c1)c1cccc2ccc(OC)cc12. The molecule has 218 valence electrons. The number of thiocarbonyl (C=S) groups is 1. The van der Waals surface area contributed by atoms with Crippen LogP contribution in [0.4, 0.5) is 32.0 Å². The van der Waals surface area contributed by atoms with Crippen molar-refractivity contribution in [1.29, 1.82) is 0 Å². The van der Waals surface area contributed by atoms with Crippen LogP contribution < -0.4 is 15.4 Å². The molecule has 0 aliphatic carbocycles. The number of methoxy groups -OCH3 is 1. The van der Waals surface area contributed by atoms with Gasteiger partial charge in [0.15, 0.2) is 5.11 Å². The molecule has 3 aliphatic rings. The number of halogens is 6. The van der Waals surface area contributed by atoms with Gasteiger partial charge in [-0.25, -0.2) is 0 Å². The van der Waals surface area contributed by atoms with Gasteiger partial charge in [-0.2, -0.15) is 26.3 Å². The molecule has 11 heteroatoms. The zero-order valence-corrected chi connectivity index (χ0v) is 23.0. The van der Waals surface area contributed by atoms with E-state index in [4.69, 9.17) is 17.0 Å². The van der Waals surface area contributed by atoms with Crippen LogP contribution in [0.5, 0.6) is 5.75 Å². The third-order valence-corrected chi connectivity index (χ3v) is 8.35. The molecular weight excluding hydrogens is 564 g/mol. The van der Waals surface area contributed by atoms with E-state index in [2.05, 4.69) is 22.1 Å². The van der Waals surface area contributed by atoms with Gasteiger partial charge in [0.2, 0.25) is 0 Å². The average Bonchev–Trinajstić information content (AvgIpc) is 2.94. The first-order valence-electron chi connectivity index (χ1n) is 13.2. The van der Waals surface area contributed by atoms with Crippen LogP contribution in [-0.4, -0.2) is 36.3 Å². The zero-order valence-electron chi connectivity index (χ0n) is 22.1. The van der Waals surface area contributed by atoms with E-state index in [1.54, 1.807) is 7.11 Å². The summed E-state index contributed by atoms with van der Waals surface area (Å²) < 4.78 is 86.1. The van der Waals surface area contributed by atoms with E-state index in [0.717, 1.165) is 42.3 Å². The summed E-state index contributed by atoms with van der Waals surface area (Å²) in [7, 11) is 1.57. The number of rotatable bonds is 6. The van der Waals surface area contributed by atoms with Crippen molar-refractivity contribution in [3.63, 3.8) is 0 Å². The summed E-state index contributed by atoms with van der Waals surface area (Å²) >= 11 is 5.51. The molecule has 0 spiro atoms. The van der Waals surface area contributed by atoms with Gasteiger partial charge in [0, 0.05) is 18.3 Å². The van der Waals surface area contributed by atoms with E-state index in [0.29, 0.717) is 29.7 Å². The third kappa shape index (κ3) is 6.16. The second-order valence-corrected chi connectivity index (χ2v) is 11.0. The fraction of sp³-hybridized carbons (Fsp3) is 0.367. The Balaban J connectivity index is 1.51. The second kappa shape index (κ2) is 11.2. The van der Waals surface area contributed by atoms with Crippen LogP contribution in [0.1, 0.15) is 35.6 Å². The fourth-order valence-corrected chi connectivity index (χ4v) is 6.36. The summed E-state index contributed by atoms with van der Waals surface area (Å²) in [4.78, 5) is 2.36. The van der Waals surface area contributed by atoms with Gasteiger partial charge < -0.3 is 15.4 Å². The number of ether oxygens (including phenoxy) is 1. The Hall–Kier alpha value is -3.31. The summed E-state index contributed by atoms with van der Waals surface area (Å²) in [6.45, 7) is 5.67. The van der Waals surface area contributed by atoms with Crippen molar-refractivity contribution in [1.82, 2.24) is 10.2 Å². The van der Waals surface area contributed by atoms with Gasteiger partial charge in [0.25, 0.3) is 0 Å². The maximum absolute atomic E-state index is 13.4. The molecule has 3 aromatic carbocycles. The van der Waals surface area contributed by atoms with Crippen molar-refractivity contribution in [2.75, 3.05) is 25.5 Å². The van der Waals surface area contributed by atoms with Crippen LogP contribution >= 0.6 is 12.2 Å². The van der Waals surface area contributed by atoms with E-state index in [-0.39, 0.29) is 17.2 Å². The van der Waals surface area contributed by atoms with Crippen LogP contribution in [-0.2, 0) is 12.4 Å². The van der Waals surface area contributed by atoms with Crippen molar-refractivity contribution in [3.8, 4) is 5.75 Å². The normalized spacial score (nSPS) is 23.2. The quantitative estimate of drug-likeness (QED) is 0.173. The minimum absolute atomic E-state index is 0.0197. The van der Waals surface area contributed by atoms with Gasteiger partial charge in [-0.3, -0.25) is 4.90 Å². The number of alkyl halides is 6. The zero-order chi connectivity index (χ0) is 29.5. The monoisotopic (exact) mass is 593 g/mol. The van der Waals surface area contributed by atoms with Gasteiger partial charge >= 0.3 is 12.4 Å². The van der Waals surface area contributed by atoms with E-state index in [9.17, 15) is 26.3 Å². The van der Waals surface area contributed by atoms with E-state index >= 15 is 0 Å². The molecule has 2 bridgehead atoms. The molecule has 2 N–H and O–H groups in total. The molecular formula is C30H29F6N3OS. The Kier molecular flexibility index (Phi) is 7.95. The summed E-state index contributed by atoms with van der Waals surface area (Å²) in [6, 6.07) is 12.5. The smallest absolute Gasteiger partial charge is 0.416 e. The summed E-state index contributed by atoms with van der Waals surface area (Å²) in [6.07, 6.45) is -6.09. The summed E-state index contributed by atoms with van der Waals surface area (Å²) in [5.74, 6) is 1.42. The summed E-state index contributed by atoms with van der Waals surface area (Å²) in [5, 5.41) is 7.66. The predicted octanol–water partition coefficient (Wildman–Crippen LogP) is 7.81. The standard InChI is InChI=1S/C30H29F6N3OS/c1-3-17-16-39-10-9-19(17)11-26(39)27(24-6-4-5-18-7-8-23(40-2)15-25(18)24)38-28(41)37-22-13-20(29(31,32)33)12-21(14-22)30(34,35)36/h3-8,12-15,17,19,26-27H,1,9-11,16H2,2H3,(H2,37,38,41)/t17-,19?,26?,27-/m0/s1.